The van der Waals surface area contributed by atoms with Crippen LogP contribution in [0, 0.1) is 23.7 Å². The molecule has 0 bridgehead atoms. The fourth-order valence-corrected chi connectivity index (χ4v) is 8.96. The molecule has 4 nitrogen and oxygen atoms in total. The van der Waals surface area contributed by atoms with Crippen molar-refractivity contribution >= 4 is 75.5 Å². The topological polar surface area (TPSA) is 28.3 Å². The summed E-state index contributed by atoms with van der Waals surface area (Å²) in [7, 11) is 3.58. The van der Waals surface area contributed by atoms with Gasteiger partial charge >= 0.3 is 0 Å². The van der Waals surface area contributed by atoms with E-state index in [0.29, 0.717) is 16.7 Å². The second kappa shape index (κ2) is 17.0. The van der Waals surface area contributed by atoms with Crippen molar-refractivity contribution in [3.63, 3.8) is 0 Å². The second-order valence-electron chi connectivity index (χ2n) is 16.1. The first-order chi connectivity index (χ1) is 25.0. The number of ether oxygens (including phenoxy) is 2. The molecule has 0 aliphatic heterocycles. The third-order valence-electron chi connectivity index (χ3n) is 11.3. The van der Waals surface area contributed by atoms with E-state index in [1.807, 2.05) is 0 Å². The summed E-state index contributed by atoms with van der Waals surface area (Å²) < 4.78 is 18.6. The minimum absolute atomic E-state index is 0.524. The largest absolute Gasteiger partial charge is 0.496 e. The van der Waals surface area contributed by atoms with Crippen LogP contribution in [0.1, 0.15) is 86.5 Å². The van der Waals surface area contributed by atoms with Crippen LogP contribution in [-0.2, 0) is 13.1 Å². The van der Waals surface area contributed by atoms with Gasteiger partial charge in [0.15, 0.2) is 0 Å². The maximum absolute atomic E-state index is 6.22. The smallest absolute Gasteiger partial charge is 0.128 e. The van der Waals surface area contributed by atoms with Crippen LogP contribution in [0.15, 0.2) is 71.2 Å². The summed E-state index contributed by atoms with van der Waals surface area (Å²) in [6.45, 7) is 16.0. The molecule has 0 aliphatic carbocycles. The number of benzene rings is 4. The fraction of sp³-hybridized carbons (Fsp3) is 0.478. The molecule has 278 valence electrons. The Bertz CT molecular complexity index is 2140. The van der Waals surface area contributed by atoms with E-state index in [1.165, 1.54) is 75.7 Å². The first kappa shape index (κ1) is 38.8. The van der Waals surface area contributed by atoms with Crippen molar-refractivity contribution in [2.75, 3.05) is 14.2 Å². The number of fused-ring (bicyclic) bond motifs is 6. The van der Waals surface area contributed by atoms with E-state index in [9.17, 15) is 0 Å². The van der Waals surface area contributed by atoms with E-state index in [2.05, 4.69) is 149 Å². The zero-order valence-corrected chi connectivity index (χ0v) is 35.7. The summed E-state index contributed by atoms with van der Waals surface area (Å²) in [5, 5.41) is 5.00. The average Bonchev–Trinajstić information content (AvgIpc) is 3.60. The van der Waals surface area contributed by atoms with Gasteiger partial charge in [-0.25, -0.2) is 0 Å². The standard InChI is InChI=1S/C46H58Br2N2O2/c1-29(2)12-11-13-31(5)20-22-49-42-19-17-33(47)24-35(42)37-26-39(46(52-8)28-44(37)49)38-25-36-34-14-9-10-15-41(34)50(43(36)27-45(38)51-7)23-21-32(6)40(48)18-16-30(3)4/h9-10,14-15,17,19,24-32,40H,11-13,16,18,20-23H2,1-8H3. The van der Waals surface area contributed by atoms with Crippen molar-refractivity contribution in [2.45, 2.75) is 104 Å². The number of hydrogen-bond donors (Lipinski definition) is 0. The summed E-state index contributed by atoms with van der Waals surface area (Å²) >= 11 is 7.81. The highest BCUT2D eigenvalue weighted by Crippen LogP contribution is 2.45. The Balaban J connectivity index is 1.42. The third-order valence-corrected chi connectivity index (χ3v) is 13.2. The molecular formula is C46H58Br2N2O2. The van der Waals surface area contributed by atoms with E-state index in [1.54, 1.807) is 14.2 Å². The van der Waals surface area contributed by atoms with Crippen molar-refractivity contribution in [1.29, 1.82) is 0 Å². The lowest BCUT2D eigenvalue weighted by molar-refractivity contribution is 0.410. The molecule has 52 heavy (non-hydrogen) atoms. The highest BCUT2D eigenvalue weighted by Gasteiger charge is 2.22. The van der Waals surface area contributed by atoms with Crippen molar-refractivity contribution in [1.82, 2.24) is 9.13 Å². The number of methoxy groups -OCH3 is 2. The fourth-order valence-electron chi connectivity index (χ4n) is 8.07. The molecule has 2 aromatic heterocycles. The Morgan fingerprint density at radius 1 is 0.558 bits per heavy atom. The zero-order chi connectivity index (χ0) is 37.1. The van der Waals surface area contributed by atoms with E-state index in [0.717, 1.165) is 64.9 Å². The molecule has 3 atom stereocenters. The zero-order valence-electron chi connectivity index (χ0n) is 32.6. The summed E-state index contributed by atoms with van der Waals surface area (Å²) in [5.41, 5.74) is 7.06. The van der Waals surface area contributed by atoms with E-state index in [-0.39, 0.29) is 0 Å². The Morgan fingerprint density at radius 3 is 1.73 bits per heavy atom. The molecule has 3 unspecified atom stereocenters. The van der Waals surface area contributed by atoms with Gasteiger partial charge in [0, 0.05) is 78.2 Å². The van der Waals surface area contributed by atoms with Crippen LogP contribution >= 0.6 is 31.9 Å². The normalized spacial score (nSPS) is 14.0. The maximum atomic E-state index is 6.22. The van der Waals surface area contributed by atoms with Crippen molar-refractivity contribution in [3.8, 4) is 22.6 Å². The van der Waals surface area contributed by atoms with Gasteiger partial charge in [-0.3, -0.25) is 0 Å². The maximum Gasteiger partial charge on any atom is 0.128 e. The van der Waals surface area contributed by atoms with Crippen molar-refractivity contribution in [2.24, 2.45) is 23.7 Å². The van der Waals surface area contributed by atoms with Crippen LogP contribution in [0.2, 0.25) is 0 Å². The first-order valence-electron chi connectivity index (χ1n) is 19.5. The number of aromatic nitrogens is 2. The van der Waals surface area contributed by atoms with E-state index in [4.69, 9.17) is 9.47 Å². The lowest BCUT2D eigenvalue weighted by atomic mass is 9.97. The highest BCUT2D eigenvalue weighted by molar-refractivity contribution is 9.10. The monoisotopic (exact) mass is 828 g/mol. The lowest BCUT2D eigenvalue weighted by Gasteiger charge is -2.20. The van der Waals surface area contributed by atoms with Gasteiger partial charge < -0.3 is 18.6 Å². The summed E-state index contributed by atoms with van der Waals surface area (Å²) in [6, 6.07) is 24.7. The molecule has 6 rings (SSSR count). The van der Waals surface area contributed by atoms with Crippen LogP contribution in [0.3, 0.4) is 0 Å². The average molecular weight is 831 g/mol. The minimum Gasteiger partial charge on any atom is -0.496 e. The number of rotatable bonds is 17. The number of halogens is 2. The Labute approximate surface area is 328 Å². The van der Waals surface area contributed by atoms with Gasteiger partial charge in [0.05, 0.1) is 25.3 Å². The molecule has 0 spiro atoms. The van der Waals surface area contributed by atoms with Crippen LogP contribution in [0.4, 0.5) is 0 Å². The Kier molecular flexibility index (Phi) is 12.7. The van der Waals surface area contributed by atoms with Gasteiger partial charge in [0.1, 0.15) is 11.5 Å². The summed E-state index contributed by atoms with van der Waals surface area (Å²) in [4.78, 5) is 0.524. The van der Waals surface area contributed by atoms with Gasteiger partial charge in [-0.2, -0.15) is 0 Å². The predicted molar refractivity (Wildman–Crippen MR) is 232 cm³/mol. The van der Waals surface area contributed by atoms with Gasteiger partial charge in [-0.05, 0) is 85.8 Å². The molecule has 0 saturated heterocycles. The number of nitrogens with zero attached hydrogens (tertiary/aromatic N) is 2. The van der Waals surface area contributed by atoms with Gasteiger partial charge in [0.2, 0.25) is 0 Å². The molecule has 0 fully saturated rings. The van der Waals surface area contributed by atoms with Crippen LogP contribution in [-0.4, -0.2) is 28.2 Å². The minimum atomic E-state index is 0.524. The summed E-state index contributed by atoms with van der Waals surface area (Å²) in [5.74, 6) is 4.46. The molecule has 6 aromatic rings. The number of aryl methyl sites for hydroxylation is 2. The molecule has 0 radical (unpaired) electrons. The quantitative estimate of drug-likeness (QED) is 0.0857. The third kappa shape index (κ3) is 8.23. The molecule has 0 saturated carbocycles. The molecule has 0 aliphatic rings. The van der Waals surface area contributed by atoms with Crippen molar-refractivity contribution < 1.29 is 9.47 Å². The van der Waals surface area contributed by atoms with Crippen LogP contribution in [0.5, 0.6) is 11.5 Å². The van der Waals surface area contributed by atoms with E-state index >= 15 is 0 Å². The SMILES string of the molecule is COc1cc2c(cc1-c1cc3c4ccccc4n(CCC(C)C(Br)CCC(C)C)c3cc1OC)c1cc(Br)ccc1n2CCC(C)CCCC(C)C. The van der Waals surface area contributed by atoms with Crippen LogP contribution in [0.25, 0.3) is 54.7 Å². The first-order valence-corrected chi connectivity index (χ1v) is 21.2. The molecule has 2 heterocycles. The van der Waals surface area contributed by atoms with Crippen LogP contribution < -0.4 is 9.47 Å². The second-order valence-corrected chi connectivity index (χ2v) is 18.2. The van der Waals surface area contributed by atoms with Crippen molar-refractivity contribution in [3.05, 3.63) is 71.2 Å². The number of alkyl halides is 1. The van der Waals surface area contributed by atoms with E-state index < -0.39 is 0 Å². The van der Waals surface area contributed by atoms with Gasteiger partial charge in [-0.1, -0.05) is 111 Å². The Hall–Kier alpha value is -2.96. The molecule has 0 N–H and O–H groups in total. The lowest BCUT2D eigenvalue weighted by Crippen LogP contribution is -2.14. The molecule has 0 amide bonds. The number of para-hydroxylation sites is 1. The highest BCUT2D eigenvalue weighted by atomic mass is 79.9. The molecule has 4 aromatic carbocycles. The van der Waals surface area contributed by atoms with Gasteiger partial charge in [-0.15, -0.1) is 0 Å². The molecule has 6 heteroatoms. The number of hydrogen-bond acceptors (Lipinski definition) is 2. The Morgan fingerprint density at radius 2 is 1.12 bits per heavy atom. The predicted octanol–water partition coefficient (Wildman–Crippen LogP) is 14.4. The summed E-state index contributed by atoms with van der Waals surface area (Å²) in [6.07, 6.45) is 8.60. The van der Waals surface area contributed by atoms with Gasteiger partial charge in [0.25, 0.3) is 0 Å². The molecular weight excluding hydrogens is 772 g/mol.